The third-order valence-electron chi connectivity index (χ3n) is 3.15. The van der Waals surface area contributed by atoms with Crippen LogP contribution in [0.3, 0.4) is 0 Å². The highest BCUT2D eigenvalue weighted by molar-refractivity contribution is 7.99. The number of thioether (sulfide) groups is 1. The van der Waals surface area contributed by atoms with Crippen LogP contribution < -0.4 is 5.32 Å². The minimum Gasteiger partial charge on any atom is -0.312 e. The lowest BCUT2D eigenvalue weighted by molar-refractivity contribution is 0.536. The molecule has 1 aliphatic rings. The third kappa shape index (κ3) is 2.76. The molecule has 1 N–H and O–H groups in total. The number of hydrogen-bond donors (Lipinski definition) is 1. The van der Waals surface area contributed by atoms with Crippen LogP contribution in [0.2, 0.25) is 0 Å². The predicted octanol–water partition coefficient (Wildman–Crippen LogP) is 2.49. The lowest BCUT2D eigenvalue weighted by Crippen LogP contribution is -2.34. The van der Waals surface area contributed by atoms with Crippen molar-refractivity contribution in [2.45, 2.75) is 31.1 Å². The minimum atomic E-state index is 0.664. The van der Waals surface area contributed by atoms with Crippen LogP contribution in [0.5, 0.6) is 0 Å². The van der Waals surface area contributed by atoms with Gasteiger partial charge in [-0.15, -0.1) is 0 Å². The van der Waals surface area contributed by atoms with Crippen LogP contribution >= 0.6 is 11.8 Å². The van der Waals surface area contributed by atoms with Crippen LogP contribution in [0.1, 0.15) is 18.1 Å². The number of hydrogen-bond acceptors (Lipinski definition) is 2. The summed E-state index contributed by atoms with van der Waals surface area (Å²) >= 11 is 1.93. The van der Waals surface area contributed by atoms with Crippen LogP contribution in [0.4, 0.5) is 0 Å². The SMILES string of the molecule is CSC(C)CNC1Cc2ccccc2C1. The quantitative estimate of drug-likeness (QED) is 0.838. The number of fused-ring (bicyclic) bond motifs is 1. The molecule has 15 heavy (non-hydrogen) atoms. The van der Waals surface area contributed by atoms with E-state index >= 15 is 0 Å². The topological polar surface area (TPSA) is 12.0 Å². The molecule has 1 unspecified atom stereocenters. The summed E-state index contributed by atoms with van der Waals surface area (Å²) in [5.41, 5.74) is 3.07. The van der Waals surface area contributed by atoms with Gasteiger partial charge >= 0.3 is 0 Å². The van der Waals surface area contributed by atoms with Crippen molar-refractivity contribution in [2.24, 2.45) is 0 Å². The molecule has 2 rings (SSSR count). The summed E-state index contributed by atoms with van der Waals surface area (Å²) in [5, 5.41) is 4.37. The smallest absolute Gasteiger partial charge is 0.0148 e. The fourth-order valence-electron chi connectivity index (χ4n) is 2.12. The van der Waals surface area contributed by atoms with E-state index in [2.05, 4.69) is 42.8 Å². The zero-order chi connectivity index (χ0) is 10.7. The van der Waals surface area contributed by atoms with Crippen molar-refractivity contribution < 1.29 is 0 Å². The maximum absolute atomic E-state index is 3.66. The van der Waals surface area contributed by atoms with Crippen LogP contribution in [-0.2, 0) is 12.8 Å². The second-order valence-corrected chi connectivity index (χ2v) is 5.60. The Morgan fingerprint density at radius 2 is 1.93 bits per heavy atom. The Kier molecular flexibility index (Phi) is 3.71. The molecule has 1 aliphatic carbocycles. The molecule has 1 aromatic carbocycles. The molecule has 0 heterocycles. The molecule has 0 aromatic heterocycles. The second-order valence-electron chi connectivity index (χ2n) is 4.33. The van der Waals surface area contributed by atoms with Crippen molar-refractivity contribution >= 4 is 11.8 Å². The van der Waals surface area contributed by atoms with Crippen molar-refractivity contribution in [3.05, 3.63) is 35.4 Å². The highest BCUT2D eigenvalue weighted by atomic mass is 32.2. The molecular formula is C13H19NS. The average Bonchev–Trinajstić information content (AvgIpc) is 2.68. The van der Waals surface area contributed by atoms with Crippen molar-refractivity contribution in [1.82, 2.24) is 5.32 Å². The van der Waals surface area contributed by atoms with Gasteiger partial charge in [0.15, 0.2) is 0 Å². The summed E-state index contributed by atoms with van der Waals surface area (Å²) in [6.07, 6.45) is 4.59. The van der Waals surface area contributed by atoms with Crippen molar-refractivity contribution in [3.63, 3.8) is 0 Å². The molecule has 1 atom stereocenters. The highest BCUT2D eigenvalue weighted by Crippen LogP contribution is 2.21. The van der Waals surface area contributed by atoms with E-state index in [0.717, 1.165) is 6.54 Å². The van der Waals surface area contributed by atoms with Gasteiger partial charge in [0.2, 0.25) is 0 Å². The Bertz CT molecular complexity index is 299. The summed E-state index contributed by atoms with van der Waals surface area (Å²) in [4.78, 5) is 0. The van der Waals surface area contributed by atoms with Crippen LogP contribution in [0, 0.1) is 0 Å². The van der Waals surface area contributed by atoms with E-state index < -0.39 is 0 Å². The monoisotopic (exact) mass is 221 g/mol. The summed E-state index contributed by atoms with van der Waals surface area (Å²) in [7, 11) is 0. The molecule has 0 spiro atoms. The average molecular weight is 221 g/mol. The van der Waals surface area contributed by atoms with Crippen molar-refractivity contribution in [2.75, 3.05) is 12.8 Å². The Morgan fingerprint density at radius 3 is 2.47 bits per heavy atom. The minimum absolute atomic E-state index is 0.664. The predicted molar refractivity (Wildman–Crippen MR) is 68.6 cm³/mol. The van der Waals surface area contributed by atoms with Gasteiger partial charge in [0.05, 0.1) is 0 Å². The van der Waals surface area contributed by atoms with Gasteiger partial charge in [0, 0.05) is 17.8 Å². The molecular weight excluding hydrogens is 202 g/mol. The maximum Gasteiger partial charge on any atom is 0.0148 e. The van der Waals surface area contributed by atoms with E-state index in [-0.39, 0.29) is 0 Å². The second kappa shape index (κ2) is 5.04. The van der Waals surface area contributed by atoms with Gasteiger partial charge in [-0.1, -0.05) is 31.2 Å². The van der Waals surface area contributed by atoms with Gasteiger partial charge in [-0.2, -0.15) is 11.8 Å². The molecule has 0 fully saturated rings. The lowest BCUT2D eigenvalue weighted by atomic mass is 10.1. The summed E-state index contributed by atoms with van der Waals surface area (Å²) in [6, 6.07) is 9.47. The molecule has 0 aliphatic heterocycles. The molecule has 1 aromatic rings. The first-order valence-electron chi connectivity index (χ1n) is 5.62. The Balaban J connectivity index is 1.85. The fourth-order valence-corrected chi connectivity index (χ4v) is 2.38. The summed E-state index contributed by atoms with van der Waals surface area (Å²) < 4.78 is 0. The molecule has 0 amide bonds. The highest BCUT2D eigenvalue weighted by Gasteiger charge is 2.20. The van der Waals surface area contributed by atoms with E-state index in [1.54, 1.807) is 0 Å². The van der Waals surface area contributed by atoms with E-state index in [9.17, 15) is 0 Å². The fraction of sp³-hybridized carbons (Fsp3) is 0.538. The van der Waals surface area contributed by atoms with Gasteiger partial charge in [-0.3, -0.25) is 0 Å². The molecule has 0 radical (unpaired) electrons. The van der Waals surface area contributed by atoms with Gasteiger partial charge in [-0.05, 0) is 30.2 Å². The number of nitrogens with one attached hydrogen (secondary N) is 1. The van der Waals surface area contributed by atoms with Gasteiger partial charge < -0.3 is 5.32 Å². The van der Waals surface area contributed by atoms with E-state index in [0.29, 0.717) is 11.3 Å². The first-order chi connectivity index (χ1) is 7.29. The van der Waals surface area contributed by atoms with Crippen molar-refractivity contribution in [3.8, 4) is 0 Å². The van der Waals surface area contributed by atoms with Crippen LogP contribution in [-0.4, -0.2) is 24.1 Å². The summed E-state index contributed by atoms with van der Waals surface area (Å²) in [5.74, 6) is 0. The third-order valence-corrected chi connectivity index (χ3v) is 4.12. The Hall–Kier alpha value is -0.470. The number of benzene rings is 1. The molecule has 0 saturated carbocycles. The lowest BCUT2D eigenvalue weighted by Gasteiger charge is -2.15. The Labute approximate surface area is 96.7 Å². The molecule has 1 nitrogen and oxygen atoms in total. The molecule has 0 saturated heterocycles. The zero-order valence-electron chi connectivity index (χ0n) is 9.49. The first-order valence-corrected chi connectivity index (χ1v) is 6.91. The van der Waals surface area contributed by atoms with E-state index in [1.807, 2.05) is 11.8 Å². The first kappa shape index (κ1) is 11.0. The van der Waals surface area contributed by atoms with Gasteiger partial charge in [0.25, 0.3) is 0 Å². The normalized spacial score (nSPS) is 17.7. The Morgan fingerprint density at radius 1 is 1.33 bits per heavy atom. The molecule has 2 heteroatoms. The standard InChI is InChI=1S/C13H19NS/c1-10(15-2)9-14-13-7-11-5-3-4-6-12(11)8-13/h3-6,10,13-14H,7-9H2,1-2H3. The molecule has 0 bridgehead atoms. The van der Waals surface area contributed by atoms with Crippen LogP contribution in [0.25, 0.3) is 0 Å². The van der Waals surface area contributed by atoms with E-state index in [4.69, 9.17) is 0 Å². The van der Waals surface area contributed by atoms with Gasteiger partial charge in [0.1, 0.15) is 0 Å². The zero-order valence-corrected chi connectivity index (χ0v) is 10.3. The summed E-state index contributed by atoms with van der Waals surface area (Å²) in [6.45, 7) is 3.40. The van der Waals surface area contributed by atoms with E-state index in [1.165, 1.54) is 24.0 Å². The van der Waals surface area contributed by atoms with Crippen molar-refractivity contribution in [1.29, 1.82) is 0 Å². The van der Waals surface area contributed by atoms with Crippen LogP contribution in [0.15, 0.2) is 24.3 Å². The van der Waals surface area contributed by atoms with Gasteiger partial charge in [-0.25, -0.2) is 0 Å². The maximum atomic E-state index is 3.66. The molecule has 82 valence electrons. The largest absolute Gasteiger partial charge is 0.312 e. The number of rotatable bonds is 4.